The van der Waals surface area contributed by atoms with Gasteiger partial charge in [-0.2, -0.15) is 4.31 Å². The largest absolute Gasteiger partial charge is 0.243 e. The molecule has 0 aromatic heterocycles. The number of allylic oxidation sites excluding steroid dienone is 1. The summed E-state index contributed by atoms with van der Waals surface area (Å²) in [6, 6.07) is 7.31. The molecule has 1 aromatic carbocycles. The SMILES string of the molecule is C=CCCCCC[C@@H]1CN1S(=O)(=O)c1ccc(C)cc1. The van der Waals surface area contributed by atoms with Crippen molar-refractivity contribution >= 4 is 10.0 Å². The van der Waals surface area contributed by atoms with E-state index in [1.54, 1.807) is 16.4 Å². The Balaban J connectivity index is 1.84. The van der Waals surface area contributed by atoms with Crippen molar-refractivity contribution in [1.29, 1.82) is 0 Å². The molecule has 1 saturated heterocycles. The van der Waals surface area contributed by atoms with Gasteiger partial charge in [0, 0.05) is 12.6 Å². The maximum Gasteiger partial charge on any atom is 0.243 e. The monoisotopic (exact) mass is 293 g/mol. The fraction of sp³-hybridized carbons (Fsp3) is 0.500. The number of rotatable bonds is 8. The second-order valence-corrected chi connectivity index (χ2v) is 7.36. The van der Waals surface area contributed by atoms with Crippen LogP contribution in [0.2, 0.25) is 0 Å². The van der Waals surface area contributed by atoms with Crippen molar-refractivity contribution in [3.63, 3.8) is 0 Å². The Hall–Kier alpha value is -1.13. The van der Waals surface area contributed by atoms with Gasteiger partial charge >= 0.3 is 0 Å². The van der Waals surface area contributed by atoms with Crippen molar-refractivity contribution in [2.45, 2.75) is 50.0 Å². The van der Waals surface area contributed by atoms with Crippen molar-refractivity contribution in [2.24, 2.45) is 0 Å². The summed E-state index contributed by atoms with van der Waals surface area (Å²) in [5.74, 6) is 0. The number of aryl methyl sites for hydroxylation is 1. The lowest BCUT2D eigenvalue weighted by Crippen LogP contribution is -2.14. The molecule has 110 valence electrons. The molecule has 0 saturated carbocycles. The standard InChI is InChI=1S/C16H23NO2S/c1-3-4-5-6-7-8-15-13-17(15)20(18,19)16-11-9-14(2)10-12-16/h3,9-12,15H,1,4-8,13H2,2H3/t15-,17?/m1/s1. The van der Waals surface area contributed by atoms with Crippen molar-refractivity contribution in [3.8, 4) is 0 Å². The second kappa shape index (κ2) is 6.55. The molecule has 0 N–H and O–H groups in total. The highest BCUT2D eigenvalue weighted by Crippen LogP contribution is 2.31. The molecular formula is C16H23NO2S. The molecule has 20 heavy (non-hydrogen) atoms. The van der Waals surface area contributed by atoms with E-state index in [0.29, 0.717) is 11.4 Å². The van der Waals surface area contributed by atoms with E-state index in [-0.39, 0.29) is 6.04 Å². The van der Waals surface area contributed by atoms with Gasteiger partial charge in [0.15, 0.2) is 0 Å². The Bertz CT molecular complexity index is 548. The van der Waals surface area contributed by atoms with Gasteiger partial charge < -0.3 is 0 Å². The van der Waals surface area contributed by atoms with Crippen LogP contribution in [0.1, 0.15) is 37.7 Å². The summed E-state index contributed by atoms with van der Waals surface area (Å²) in [6.07, 6.45) is 7.36. The third-order valence-electron chi connectivity index (χ3n) is 3.74. The van der Waals surface area contributed by atoms with Gasteiger partial charge in [0.25, 0.3) is 0 Å². The molecule has 1 heterocycles. The average Bonchev–Trinajstić information content (AvgIpc) is 3.19. The predicted molar refractivity (Wildman–Crippen MR) is 82.1 cm³/mol. The van der Waals surface area contributed by atoms with E-state index in [1.165, 1.54) is 0 Å². The van der Waals surface area contributed by atoms with Crippen LogP contribution in [0.4, 0.5) is 0 Å². The van der Waals surface area contributed by atoms with Gasteiger partial charge in [-0.15, -0.1) is 6.58 Å². The zero-order valence-electron chi connectivity index (χ0n) is 12.1. The molecule has 1 fully saturated rings. The van der Waals surface area contributed by atoms with Crippen molar-refractivity contribution in [1.82, 2.24) is 4.31 Å². The Labute approximate surface area is 122 Å². The van der Waals surface area contributed by atoms with E-state index in [0.717, 1.165) is 37.7 Å². The van der Waals surface area contributed by atoms with E-state index in [9.17, 15) is 8.42 Å². The van der Waals surface area contributed by atoms with E-state index < -0.39 is 10.0 Å². The van der Waals surface area contributed by atoms with Crippen LogP contribution in [0.3, 0.4) is 0 Å². The molecule has 1 aliphatic rings. The average molecular weight is 293 g/mol. The van der Waals surface area contributed by atoms with Gasteiger partial charge in [-0.05, 0) is 38.3 Å². The lowest BCUT2D eigenvalue weighted by Gasteiger charge is -2.06. The van der Waals surface area contributed by atoms with E-state index in [4.69, 9.17) is 0 Å². The van der Waals surface area contributed by atoms with Gasteiger partial charge in [0.1, 0.15) is 0 Å². The van der Waals surface area contributed by atoms with Crippen LogP contribution in [-0.4, -0.2) is 25.3 Å². The molecule has 2 atom stereocenters. The topological polar surface area (TPSA) is 37.1 Å². The minimum atomic E-state index is -3.26. The van der Waals surface area contributed by atoms with Crippen LogP contribution < -0.4 is 0 Å². The Morgan fingerprint density at radius 2 is 1.95 bits per heavy atom. The first-order valence-electron chi connectivity index (χ1n) is 7.25. The normalized spacial score (nSPS) is 21.6. The lowest BCUT2D eigenvalue weighted by atomic mass is 10.1. The Kier molecular flexibility index (Phi) is 5.00. The summed E-state index contributed by atoms with van der Waals surface area (Å²) in [7, 11) is -3.26. The highest BCUT2D eigenvalue weighted by molar-refractivity contribution is 7.89. The lowest BCUT2D eigenvalue weighted by molar-refractivity contribution is 0.538. The summed E-state index contributed by atoms with van der Waals surface area (Å²) < 4.78 is 26.3. The number of hydrogen-bond acceptors (Lipinski definition) is 2. The molecule has 1 aromatic rings. The van der Waals surface area contributed by atoms with Crippen molar-refractivity contribution < 1.29 is 8.42 Å². The molecule has 4 heteroatoms. The van der Waals surface area contributed by atoms with Gasteiger partial charge in [0.2, 0.25) is 10.0 Å². The van der Waals surface area contributed by atoms with Crippen LogP contribution in [0.5, 0.6) is 0 Å². The minimum absolute atomic E-state index is 0.213. The first kappa shape index (κ1) is 15.3. The Morgan fingerprint density at radius 1 is 1.25 bits per heavy atom. The summed E-state index contributed by atoms with van der Waals surface area (Å²) in [5, 5.41) is 0. The number of hydrogen-bond donors (Lipinski definition) is 0. The smallest absolute Gasteiger partial charge is 0.207 e. The van der Waals surface area contributed by atoms with Gasteiger partial charge in [-0.3, -0.25) is 0 Å². The number of benzene rings is 1. The summed E-state index contributed by atoms with van der Waals surface area (Å²) in [4.78, 5) is 0.414. The zero-order chi connectivity index (χ0) is 14.6. The third-order valence-corrected chi connectivity index (χ3v) is 5.67. The third kappa shape index (κ3) is 3.70. The van der Waals surface area contributed by atoms with Crippen LogP contribution in [0, 0.1) is 6.92 Å². The van der Waals surface area contributed by atoms with Gasteiger partial charge in [-0.25, -0.2) is 8.42 Å². The maximum absolute atomic E-state index is 12.4. The first-order chi connectivity index (χ1) is 9.55. The summed E-state index contributed by atoms with van der Waals surface area (Å²) in [6.45, 7) is 6.34. The van der Waals surface area contributed by atoms with E-state index in [1.807, 2.05) is 25.1 Å². The number of sulfonamides is 1. The molecule has 1 unspecified atom stereocenters. The molecule has 0 bridgehead atoms. The van der Waals surface area contributed by atoms with Gasteiger partial charge in [-0.1, -0.05) is 36.6 Å². The summed E-state index contributed by atoms with van der Waals surface area (Å²) >= 11 is 0. The van der Waals surface area contributed by atoms with Crippen LogP contribution in [-0.2, 0) is 10.0 Å². The zero-order valence-corrected chi connectivity index (χ0v) is 12.9. The number of nitrogens with zero attached hydrogens (tertiary/aromatic N) is 1. The molecule has 0 radical (unpaired) electrons. The van der Waals surface area contributed by atoms with E-state index >= 15 is 0 Å². The van der Waals surface area contributed by atoms with Crippen molar-refractivity contribution in [3.05, 3.63) is 42.5 Å². The first-order valence-corrected chi connectivity index (χ1v) is 8.69. The maximum atomic E-state index is 12.4. The molecule has 0 aliphatic carbocycles. The molecule has 0 spiro atoms. The second-order valence-electron chi connectivity index (χ2n) is 5.47. The highest BCUT2D eigenvalue weighted by Gasteiger charge is 2.43. The Morgan fingerprint density at radius 3 is 2.60 bits per heavy atom. The minimum Gasteiger partial charge on any atom is -0.207 e. The molecular weight excluding hydrogens is 270 g/mol. The number of unbranched alkanes of at least 4 members (excludes halogenated alkanes) is 3. The molecule has 1 aliphatic heterocycles. The summed E-state index contributed by atoms with van der Waals surface area (Å²) in [5.41, 5.74) is 1.08. The van der Waals surface area contributed by atoms with Crippen molar-refractivity contribution in [2.75, 3.05) is 6.54 Å². The highest BCUT2D eigenvalue weighted by atomic mass is 32.2. The fourth-order valence-corrected chi connectivity index (χ4v) is 4.00. The molecule has 0 amide bonds. The van der Waals surface area contributed by atoms with Crippen LogP contribution in [0.15, 0.2) is 41.8 Å². The van der Waals surface area contributed by atoms with Crippen LogP contribution >= 0.6 is 0 Å². The van der Waals surface area contributed by atoms with Gasteiger partial charge in [0.05, 0.1) is 4.90 Å². The van der Waals surface area contributed by atoms with E-state index in [2.05, 4.69) is 6.58 Å². The molecule has 3 nitrogen and oxygen atoms in total. The predicted octanol–water partition coefficient (Wildman–Crippen LogP) is 3.50. The quantitative estimate of drug-likeness (QED) is 0.418. The van der Waals surface area contributed by atoms with Crippen LogP contribution in [0.25, 0.3) is 0 Å². The fourth-order valence-electron chi connectivity index (χ4n) is 2.38. The molecule has 2 rings (SSSR count).